The molecule has 0 saturated carbocycles. The van der Waals surface area contributed by atoms with E-state index in [-0.39, 0.29) is 0 Å². The zero-order chi connectivity index (χ0) is 13.3. The molecule has 18 heavy (non-hydrogen) atoms. The minimum Gasteiger partial charge on any atom is -0.366 e. The number of benzene rings is 1. The molecule has 100 valence electrons. The molecule has 1 aliphatic rings. The van der Waals surface area contributed by atoms with Gasteiger partial charge in [-0.05, 0) is 51.3 Å². The Morgan fingerprint density at radius 1 is 1.28 bits per heavy atom. The molecule has 1 aromatic carbocycles. The number of rotatable bonds is 1. The van der Waals surface area contributed by atoms with E-state index in [0.717, 1.165) is 24.5 Å². The van der Waals surface area contributed by atoms with Gasteiger partial charge in [0.15, 0.2) is 0 Å². The van der Waals surface area contributed by atoms with Gasteiger partial charge in [-0.25, -0.2) is 0 Å². The van der Waals surface area contributed by atoms with Crippen LogP contribution in [0.15, 0.2) is 12.1 Å². The third-order valence-electron chi connectivity index (χ3n) is 3.78. The maximum absolute atomic E-state index is 6.46. The summed E-state index contributed by atoms with van der Waals surface area (Å²) in [6, 6.07) is 5.35. The highest BCUT2D eigenvalue weighted by Crippen LogP contribution is 2.33. The lowest BCUT2D eigenvalue weighted by atomic mass is 10.1. The van der Waals surface area contributed by atoms with Crippen LogP contribution in [0.4, 0.5) is 5.69 Å². The van der Waals surface area contributed by atoms with Crippen molar-refractivity contribution in [1.29, 1.82) is 0 Å². The normalized spacial score (nSPS) is 25.1. The van der Waals surface area contributed by atoms with Crippen molar-refractivity contribution < 1.29 is 0 Å². The number of anilines is 1. The van der Waals surface area contributed by atoms with E-state index in [1.54, 1.807) is 0 Å². The van der Waals surface area contributed by atoms with E-state index in [9.17, 15) is 0 Å². The maximum atomic E-state index is 6.46. The molecular weight excluding hydrogens is 244 g/mol. The van der Waals surface area contributed by atoms with Crippen molar-refractivity contribution in [2.75, 3.05) is 18.0 Å². The average molecular weight is 267 g/mol. The van der Waals surface area contributed by atoms with Gasteiger partial charge in [-0.2, -0.15) is 0 Å². The largest absolute Gasteiger partial charge is 0.366 e. The summed E-state index contributed by atoms with van der Waals surface area (Å²) in [7, 11) is 0. The van der Waals surface area contributed by atoms with E-state index in [0.29, 0.717) is 12.1 Å². The second-order valence-corrected chi connectivity index (χ2v) is 5.96. The zero-order valence-corrected chi connectivity index (χ0v) is 12.5. The van der Waals surface area contributed by atoms with Gasteiger partial charge in [0.25, 0.3) is 0 Å². The Bertz CT molecular complexity index is 407. The average Bonchev–Trinajstić information content (AvgIpc) is 2.43. The van der Waals surface area contributed by atoms with Crippen LogP contribution in [0.25, 0.3) is 0 Å². The monoisotopic (exact) mass is 266 g/mol. The molecule has 1 N–H and O–H groups in total. The lowest BCUT2D eigenvalue weighted by molar-refractivity contribution is 0.548. The predicted octanol–water partition coefficient (Wildman–Crippen LogP) is 3.53. The van der Waals surface area contributed by atoms with E-state index >= 15 is 0 Å². The fraction of sp³-hybridized carbons (Fsp3) is 0.600. The van der Waals surface area contributed by atoms with E-state index in [1.165, 1.54) is 16.8 Å². The van der Waals surface area contributed by atoms with E-state index in [2.05, 4.69) is 50.0 Å². The molecule has 3 heteroatoms. The number of halogens is 1. The van der Waals surface area contributed by atoms with Crippen LogP contribution in [-0.4, -0.2) is 25.2 Å². The highest BCUT2D eigenvalue weighted by Gasteiger charge is 2.23. The second kappa shape index (κ2) is 5.50. The van der Waals surface area contributed by atoms with Crippen molar-refractivity contribution in [1.82, 2.24) is 5.32 Å². The molecule has 2 atom stereocenters. The number of nitrogens with one attached hydrogen (secondary N) is 1. The van der Waals surface area contributed by atoms with Gasteiger partial charge < -0.3 is 10.2 Å². The zero-order valence-electron chi connectivity index (χ0n) is 11.8. The topological polar surface area (TPSA) is 15.3 Å². The lowest BCUT2D eigenvalue weighted by Gasteiger charge is -2.31. The smallest absolute Gasteiger partial charge is 0.0645 e. The van der Waals surface area contributed by atoms with Gasteiger partial charge in [-0.15, -0.1) is 0 Å². The number of hydrogen-bond acceptors (Lipinski definition) is 2. The third kappa shape index (κ3) is 2.81. The van der Waals surface area contributed by atoms with Gasteiger partial charge in [0.2, 0.25) is 0 Å². The number of hydrogen-bond donors (Lipinski definition) is 1. The molecule has 1 saturated heterocycles. The highest BCUT2D eigenvalue weighted by atomic mass is 35.5. The summed E-state index contributed by atoms with van der Waals surface area (Å²) in [5.74, 6) is 0. The molecule has 0 spiro atoms. The van der Waals surface area contributed by atoms with Crippen LogP contribution < -0.4 is 10.2 Å². The Labute approximate surface area is 115 Å². The van der Waals surface area contributed by atoms with Gasteiger partial charge in [-0.3, -0.25) is 0 Å². The Balaban J connectivity index is 2.35. The first-order chi connectivity index (χ1) is 8.49. The Morgan fingerprint density at radius 3 is 2.67 bits per heavy atom. The second-order valence-electron chi connectivity index (χ2n) is 5.55. The predicted molar refractivity (Wildman–Crippen MR) is 79.8 cm³/mol. The van der Waals surface area contributed by atoms with Crippen molar-refractivity contribution in [3.8, 4) is 0 Å². The number of aryl methyl sites for hydroxylation is 2. The van der Waals surface area contributed by atoms with Crippen LogP contribution in [0.1, 0.15) is 31.4 Å². The molecule has 2 unspecified atom stereocenters. The molecule has 0 aliphatic carbocycles. The van der Waals surface area contributed by atoms with Crippen molar-refractivity contribution in [3.05, 3.63) is 28.3 Å². The molecule has 1 fully saturated rings. The molecule has 1 aliphatic heterocycles. The van der Waals surface area contributed by atoms with E-state index in [1.807, 2.05) is 0 Å². The summed E-state index contributed by atoms with van der Waals surface area (Å²) in [6.45, 7) is 10.9. The minimum atomic E-state index is 0.480. The molecule has 0 bridgehead atoms. The maximum Gasteiger partial charge on any atom is 0.0645 e. The molecule has 0 radical (unpaired) electrons. The molecular formula is C15H23ClN2. The highest BCUT2D eigenvalue weighted by molar-refractivity contribution is 6.33. The van der Waals surface area contributed by atoms with Crippen LogP contribution in [-0.2, 0) is 0 Å². The fourth-order valence-electron chi connectivity index (χ4n) is 2.74. The molecule has 1 aromatic rings. The minimum absolute atomic E-state index is 0.480. The van der Waals surface area contributed by atoms with E-state index in [4.69, 9.17) is 11.6 Å². The van der Waals surface area contributed by atoms with Gasteiger partial charge in [0.05, 0.1) is 10.7 Å². The Hall–Kier alpha value is -0.730. The summed E-state index contributed by atoms with van der Waals surface area (Å²) in [5.41, 5.74) is 3.72. The van der Waals surface area contributed by atoms with Crippen molar-refractivity contribution in [2.24, 2.45) is 0 Å². The standard InChI is InChI=1S/C15H23ClN2/c1-10-7-11(2)15(14(16)8-10)18-6-5-12(3)17-9-13(18)4/h7-8,12-13,17H,5-6,9H2,1-4H3. The Kier molecular flexibility index (Phi) is 4.18. The van der Waals surface area contributed by atoms with Gasteiger partial charge in [0, 0.05) is 25.2 Å². The van der Waals surface area contributed by atoms with Crippen molar-refractivity contribution in [3.63, 3.8) is 0 Å². The van der Waals surface area contributed by atoms with Gasteiger partial charge in [-0.1, -0.05) is 17.7 Å². The fourth-order valence-corrected chi connectivity index (χ4v) is 3.17. The number of nitrogens with zero attached hydrogens (tertiary/aromatic N) is 1. The molecule has 0 amide bonds. The first-order valence-corrected chi connectivity index (χ1v) is 7.13. The quantitative estimate of drug-likeness (QED) is 0.837. The van der Waals surface area contributed by atoms with Crippen molar-refractivity contribution in [2.45, 2.75) is 46.2 Å². The van der Waals surface area contributed by atoms with Gasteiger partial charge in [0.1, 0.15) is 0 Å². The first kappa shape index (κ1) is 13.7. The van der Waals surface area contributed by atoms with Crippen LogP contribution in [0.2, 0.25) is 5.02 Å². The summed E-state index contributed by atoms with van der Waals surface area (Å²) < 4.78 is 0. The molecule has 1 heterocycles. The summed E-state index contributed by atoms with van der Waals surface area (Å²) >= 11 is 6.46. The van der Waals surface area contributed by atoms with E-state index < -0.39 is 0 Å². The lowest BCUT2D eigenvalue weighted by Crippen LogP contribution is -2.38. The van der Waals surface area contributed by atoms with Gasteiger partial charge >= 0.3 is 0 Å². The SMILES string of the molecule is Cc1cc(C)c(N2CCC(C)NCC2C)c(Cl)c1. The summed E-state index contributed by atoms with van der Waals surface area (Å²) in [5, 5.41) is 4.44. The molecule has 2 rings (SSSR count). The van der Waals surface area contributed by atoms with Crippen LogP contribution in [0.3, 0.4) is 0 Å². The Morgan fingerprint density at radius 2 is 2.00 bits per heavy atom. The molecule has 0 aromatic heterocycles. The van der Waals surface area contributed by atoms with Crippen LogP contribution in [0, 0.1) is 13.8 Å². The van der Waals surface area contributed by atoms with Crippen molar-refractivity contribution >= 4 is 17.3 Å². The van der Waals surface area contributed by atoms with Crippen LogP contribution in [0.5, 0.6) is 0 Å². The summed E-state index contributed by atoms with van der Waals surface area (Å²) in [6.07, 6.45) is 1.16. The third-order valence-corrected chi connectivity index (χ3v) is 4.07. The molecule has 2 nitrogen and oxygen atoms in total. The van der Waals surface area contributed by atoms with Crippen LogP contribution >= 0.6 is 11.6 Å². The first-order valence-electron chi connectivity index (χ1n) is 6.76. The summed E-state index contributed by atoms with van der Waals surface area (Å²) in [4.78, 5) is 2.45.